The lowest BCUT2D eigenvalue weighted by Crippen LogP contribution is -2.26. The molecule has 0 spiro atoms. The third-order valence-corrected chi connectivity index (χ3v) is 8.10. The van der Waals surface area contributed by atoms with Gasteiger partial charge in [0.05, 0.1) is 13.2 Å². The van der Waals surface area contributed by atoms with Gasteiger partial charge in [-0.25, -0.2) is 4.79 Å². The van der Waals surface area contributed by atoms with E-state index in [0.717, 1.165) is 33.3 Å². The number of carbonyl (C=O) groups is 2. The number of benzene rings is 3. The van der Waals surface area contributed by atoms with Crippen molar-refractivity contribution in [3.8, 4) is 5.75 Å². The zero-order valence-corrected chi connectivity index (χ0v) is 25.8. The Balaban J connectivity index is 1.53. The van der Waals surface area contributed by atoms with Crippen LogP contribution < -0.4 is 10.1 Å². The van der Waals surface area contributed by atoms with E-state index in [9.17, 15) is 9.59 Å². The molecule has 1 aromatic heterocycles. The lowest BCUT2D eigenvalue weighted by atomic mass is 9.86. The van der Waals surface area contributed by atoms with Gasteiger partial charge >= 0.3 is 5.97 Å². The molecule has 3 aromatic carbocycles. The summed E-state index contributed by atoms with van der Waals surface area (Å²) in [6.45, 7) is 12.3. The van der Waals surface area contributed by atoms with Crippen LogP contribution in [0.5, 0.6) is 5.75 Å². The first-order valence-corrected chi connectivity index (χ1v) is 14.2. The number of esters is 1. The van der Waals surface area contributed by atoms with Gasteiger partial charge in [-0.3, -0.25) is 4.79 Å². The molecule has 6 nitrogen and oxygen atoms in total. The first-order valence-electron chi connectivity index (χ1n) is 13.8. The smallest absolute Gasteiger partial charge is 0.346 e. The predicted octanol–water partition coefficient (Wildman–Crippen LogP) is 7.46. The molecule has 0 aliphatic carbocycles. The van der Waals surface area contributed by atoms with Crippen molar-refractivity contribution in [1.29, 1.82) is 0 Å². The summed E-state index contributed by atoms with van der Waals surface area (Å²) in [5, 5.41) is 4.77. The van der Waals surface area contributed by atoms with Gasteiger partial charge in [0.25, 0.3) is 5.91 Å². The number of rotatable bonds is 8. The van der Waals surface area contributed by atoms with Gasteiger partial charge in [-0.05, 0) is 72.7 Å². The van der Waals surface area contributed by atoms with Gasteiger partial charge in [-0.2, -0.15) is 0 Å². The topological polar surface area (TPSA) is 69.6 Å². The van der Waals surface area contributed by atoms with Crippen LogP contribution in [-0.4, -0.2) is 29.7 Å². The summed E-state index contributed by atoms with van der Waals surface area (Å²) >= 11 is 6.63. The summed E-state index contributed by atoms with van der Waals surface area (Å²) in [7, 11) is 3.34. The Kier molecular flexibility index (Phi) is 8.83. The largest absolute Gasteiger partial charge is 0.479 e. The van der Waals surface area contributed by atoms with E-state index in [1.54, 1.807) is 19.1 Å². The Morgan fingerprint density at radius 3 is 2.29 bits per heavy atom. The van der Waals surface area contributed by atoms with E-state index in [2.05, 4.69) is 61.8 Å². The van der Waals surface area contributed by atoms with Crippen LogP contribution in [0.4, 0.5) is 0 Å². The number of fused-ring (bicyclic) bond motifs is 1. The molecule has 216 valence electrons. The van der Waals surface area contributed by atoms with Gasteiger partial charge in [0.2, 0.25) is 0 Å². The highest BCUT2D eigenvalue weighted by atomic mass is 35.5. The average molecular weight is 575 g/mol. The fourth-order valence-electron chi connectivity index (χ4n) is 5.00. The Hall–Kier alpha value is -3.77. The standard InChI is InChI=1S/C34H39ClN2O4/c1-20(23-9-13-26(14-10-23)34(4,5)6)36-32(38)25-12-16-28-29(21(2)37(7)31(28)18-25)17-24-11-15-27(19-30(24)35)41-22(3)33(39)40-8/h9-16,18-20,22H,17H2,1-8H3,(H,36,38)/t20-,22+/m0/s1. The molecule has 1 heterocycles. The zero-order valence-electron chi connectivity index (χ0n) is 25.1. The van der Waals surface area contributed by atoms with Gasteiger partial charge in [0.15, 0.2) is 6.10 Å². The van der Waals surface area contributed by atoms with Crippen LogP contribution >= 0.6 is 11.6 Å². The molecule has 4 rings (SSSR count). The molecular weight excluding hydrogens is 536 g/mol. The molecule has 4 aromatic rings. The maximum atomic E-state index is 13.2. The number of hydrogen-bond acceptors (Lipinski definition) is 4. The van der Waals surface area contributed by atoms with Crippen molar-refractivity contribution in [3.05, 3.63) is 99.2 Å². The van der Waals surface area contributed by atoms with Crippen LogP contribution in [0, 0.1) is 6.92 Å². The lowest BCUT2D eigenvalue weighted by Gasteiger charge is -2.20. The van der Waals surface area contributed by atoms with Crippen molar-refractivity contribution in [1.82, 2.24) is 9.88 Å². The quantitative estimate of drug-likeness (QED) is 0.222. The molecule has 0 saturated heterocycles. The second-order valence-electron chi connectivity index (χ2n) is 11.6. The number of hydrogen-bond donors (Lipinski definition) is 1. The van der Waals surface area contributed by atoms with Crippen LogP contribution in [0.15, 0.2) is 60.7 Å². The Morgan fingerprint density at radius 2 is 1.68 bits per heavy atom. The predicted molar refractivity (Wildman–Crippen MR) is 165 cm³/mol. The maximum Gasteiger partial charge on any atom is 0.346 e. The molecular formula is C34H39ClN2O4. The number of halogens is 1. The van der Waals surface area contributed by atoms with Crippen molar-refractivity contribution in [2.75, 3.05) is 7.11 Å². The van der Waals surface area contributed by atoms with Gasteiger partial charge < -0.3 is 19.4 Å². The Morgan fingerprint density at radius 1 is 1.00 bits per heavy atom. The van der Waals surface area contributed by atoms with E-state index in [1.807, 2.05) is 38.2 Å². The Labute approximate surface area is 247 Å². The average Bonchev–Trinajstić information content (AvgIpc) is 3.17. The second kappa shape index (κ2) is 12.0. The normalized spacial score (nSPS) is 13.1. The van der Waals surface area contributed by atoms with E-state index >= 15 is 0 Å². The molecule has 0 bridgehead atoms. The first kappa shape index (κ1) is 30.2. The van der Waals surface area contributed by atoms with Crippen LogP contribution in [0.2, 0.25) is 5.02 Å². The molecule has 0 fully saturated rings. The molecule has 7 heteroatoms. The molecule has 0 saturated carbocycles. The molecule has 2 atom stereocenters. The summed E-state index contributed by atoms with van der Waals surface area (Å²) in [5.74, 6) is -0.0605. The third kappa shape index (κ3) is 6.59. The van der Waals surface area contributed by atoms with Gasteiger partial charge in [-0.15, -0.1) is 0 Å². The van der Waals surface area contributed by atoms with E-state index in [1.165, 1.54) is 12.7 Å². The van der Waals surface area contributed by atoms with Crippen LogP contribution in [0.25, 0.3) is 10.9 Å². The molecule has 0 aliphatic heterocycles. The van der Waals surface area contributed by atoms with Crippen LogP contribution in [0.1, 0.15) is 79.0 Å². The number of amides is 1. The van der Waals surface area contributed by atoms with Crippen molar-refractivity contribution in [2.24, 2.45) is 7.05 Å². The molecule has 1 N–H and O–H groups in total. The van der Waals surface area contributed by atoms with Crippen LogP contribution in [0.3, 0.4) is 0 Å². The minimum atomic E-state index is -0.731. The maximum absolute atomic E-state index is 13.2. The van der Waals surface area contributed by atoms with Gasteiger partial charge in [0, 0.05) is 40.7 Å². The van der Waals surface area contributed by atoms with Gasteiger partial charge in [0.1, 0.15) is 5.75 Å². The third-order valence-electron chi connectivity index (χ3n) is 7.75. The SMILES string of the molecule is COC(=O)[C@@H](C)Oc1ccc(Cc2c(C)n(C)c3cc(C(=O)N[C@@H](C)c4ccc(C(C)(C)C)cc4)ccc23)c(Cl)c1. The number of aryl methyl sites for hydroxylation is 1. The highest BCUT2D eigenvalue weighted by molar-refractivity contribution is 6.31. The summed E-state index contributed by atoms with van der Waals surface area (Å²) in [6.07, 6.45) is -0.118. The monoisotopic (exact) mass is 574 g/mol. The minimum Gasteiger partial charge on any atom is -0.479 e. The van der Waals surface area contributed by atoms with Crippen molar-refractivity contribution >= 4 is 34.4 Å². The van der Waals surface area contributed by atoms with Crippen molar-refractivity contribution in [3.63, 3.8) is 0 Å². The minimum absolute atomic E-state index is 0.0834. The second-order valence-corrected chi connectivity index (χ2v) is 12.0. The van der Waals surface area contributed by atoms with E-state index in [0.29, 0.717) is 22.8 Å². The van der Waals surface area contributed by atoms with Crippen molar-refractivity contribution < 1.29 is 19.1 Å². The van der Waals surface area contributed by atoms with E-state index in [-0.39, 0.29) is 17.4 Å². The molecule has 0 radical (unpaired) electrons. The number of aromatic nitrogens is 1. The highest BCUT2D eigenvalue weighted by Crippen LogP contribution is 2.32. The molecule has 41 heavy (non-hydrogen) atoms. The first-order chi connectivity index (χ1) is 19.3. The highest BCUT2D eigenvalue weighted by Gasteiger charge is 2.20. The Bertz CT molecular complexity index is 1580. The molecule has 0 aliphatic rings. The fourth-order valence-corrected chi connectivity index (χ4v) is 5.23. The lowest BCUT2D eigenvalue weighted by molar-refractivity contribution is -0.147. The molecule has 1 amide bonds. The van der Waals surface area contributed by atoms with Crippen molar-refractivity contribution in [2.45, 2.75) is 65.5 Å². The summed E-state index contributed by atoms with van der Waals surface area (Å²) in [5.41, 5.74) is 7.18. The van der Waals surface area contributed by atoms with Gasteiger partial charge in [-0.1, -0.05) is 68.8 Å². The number of nitrogens with one attached hydrogen (secondary N) is 1. The summed E-state index contributed by atoms with van der Waals surface area (Å²) < 4.78 is 12.5. The van der Waals surface area contributed by atoms with E-state index < -0.39 is 12.1 Å². The van der Waals surface area contributed by atoms with Crippen LogP contribution in [-0.2, 0) is 28.4 Å². The molecule has 0 unspecified atom stereocenters. The summed E-state index contributed by atoms with van der Waals surface area (Å²) in [6, 6.07) is 19.6. The fraction of sp³-hybridized carbons (Fsp3) is 0.353. The number of methoxy groups -OCH3 is 1. The van der Waals surface area contributed by atoms with E-state index in [4.69, 9.17) is 21.1 Å². The zero-order chi connectivity index (χ0) is 30.1. The summed E-state index contributed by atoms with van der Waals surface area (Å²) in [4.78, 5) is 24.9. The number of nitrogens with zero attached hydrogens (tertiary/aromatic N) is 1. The number of carbonyl (C=O) groups excluding carboxylic acids is 2. The number of ether oxygens (including phenoxy) is 2.